The standard InChI is InChI=1S/C11H17N3O2/c1-8(5-7-16-2)14-11(15)10-9(12)4-3-6-13-10/h3-4,6,8H,5,7,12H2,1-2H3,(H,14,15). The van der Waals surface area contributed by atoms with E-state index in [-0.39, 0.29) is 17.6 Å². The Bertz CT molecular complexity index is 355. The molecule has 1 rings (SSSR count). The number of nitrogens with two attached hydrogens (primary N) is 1. The van der Waals surface area contributed by atoms with Crippen LogP contribution < -0.4 is 11.1 Å². The largest absolute Gasteiger partial charge is 0.397 e. The summed E-state index contributed by atoms with van der Waals surface area (Å²) in [6, 6.07) is 3.39. The fourth-order valence-electron chi connectivity index (χ4n) is 1.27. The Balaban J connectivity index is 2.56. The molecule has 1 aromatic heterocycles. The van der Waals surface area contributed by atoms with Crippen molar-refractivity contribution in [1.29, 1.82) is 0 Å². The fraction of sp³-hybridized carbons (Fsp3) is 0.455. The maximum atomic E-state index is 11.7. The van der Waals surface area contributed by atoms with Crippen LogP contribution in [0.5, 0.6) is 0 Å². The molecule has 0 saturated carbocycles. The van der Waals surface area contributed by atoms with Crippen molar-refractivity contribution in [1.82, 2.24) is 10.3 Å². The van der Waals surface area contributed by atoms with E-state index in [1.165, 1.54) is 0 Å². The first-order valence-corrected chi connectivity index (χ1v) is 5.15. The van der Waals surface area contributed by atoms with E-state index in [4.69, 9.17) is 10.5 Å². The zero-order chi connectivity index (χ0) is 12.0. The number of nitrogens with one attached hydrogen (secondary N) is 1. The van der Waals surface area contributed by atoms with Crippen molar-refractivity contribution in [2.24, 2.45) is 0 Å². The zero-order valence-corrected chi connectivity index (χ0v) is 9.56. The summed E-state index contributed by atoms with van der Waals surface area (Å²) in [5, 5.41) is 2.81. The van der Waals surface area contributed by atoms with Crippen molar-refractivity contribution >= 4 is 11.6 Å². The SMILES string of the molecule is COCCC(C)NC(=O)c1ncccc1N. The highest BCUT2D eigenvalue weighted by atomic mass is 16.5. The zero-order valence-electron chi connectivity index (χ0n) is 9.56. The quantitative estimate of drug-likeness (QED) is 0.774. The summed E-state index contributed by atoms with van der Waals surface area (Å²) in [5.74, 6) is -0.248. The van der Waals surface area contributed by atoms with Crippen LogP contribution in [0.2, 0.25) is 0 Å². The number of carbonyl (C=O) groups excluding carboxylic acids is 1. The van der Waals surface area contributed by atoms with Crippen LogP contribution in [-0.2, 0) is 4.74 Å². The molecule has 1 unspecified atom stereocenters. The number of amides is 1. The van der Waals surface area contributed by atoms with Crippen molar-refractivity contribution < 1.29 is 9.53 Å². The van der Waals surface area contributed by atoms with Crippen molar-refractivity contribution in [3.05, 3.63) is 24.0 Å². The highest BCUT2D eigenvalue weighted by Crippen LogP contribution is 2.07. The third kappa shape index (κ3) is 3.51. The van der Waals surface area contributed by atoms with E-state index >= 15 is 0 Å². The molecule has 88 valence electrons. The summed E-state index contributed by atoms with van der Waals surface area (Å²) in [7, 11) is 1.63. The van der Waals surface area contributed by atoms with Crippen LogP contribution in [0.3, 0.4) is 0 Å². The Labute approximate surface area is 95.0 Å². The molecular weight excluding hydrogens is 206 g/mol. The smallest absolute Gasteiger partial charge is 0.272 e. The van der Waals surface area contributed by atoms with Crippen LogP contribution in [0.15, 0.2) is 18.3 Å². The van der Waals surface area contributed by atoms with Gasteiger partial charge in [-0.1, -0.05) is 0 Å². The lowest BCUT2D eigenvalue weighted by molar-refractivity contribution is 0.0925. The molecule has 1 amide bonds. The molecule has 0 fully saturated rings. The molecule has 0 aliphatic carbocycles. The first-order valence-electron chi connectivity index (χ1n) is 5.15. The number of ether oxygens (including phenoxy) is 1. The van der Waals surface area contributed by atoms with Gasteiger partial charge >= 0.3 is 0 Å². The van der Waals surface area contributed by atoms with Gasteiger partial charge in [-0.3, -0.25) is 4.79 Å². The van der Waals surface area contributed by atoms with Gasteiger partial charge in [0.2, 0.25) is 0 Å². The van der Waals surface area contributed by atoms with Crippen LogP contribution in [-0.4, -0.2) is 30.6 Å². The second kappa shape index (κ2) is 6.07. The maximum Gasteiger partial charge on any atom is 0.272 e. The van der Waals surface area contributed by atoms with Crippen LogP contribution >= 0.6 is 0 Å². The lowest BCUT2D eigenvalue weighted by Crippen LogP contribution is -2.34. The van der Waals surface area contributed by atoms with Crippen molar-refractivity contribution in [2.75, 3.05) is 19.5 Å². The topological polar surface area (TPSA) is 77.2 Å². The molecule has 1 atom stereocenters. The van der Waals surface area contributed by atoms with Crippen molar-refractivity contribution in [2.45, 2.75) is 19.4 Å². The van der Waals surface area contributed by atoms with Gasteiger partial charge in [-0.15, -0.1) is 0 Å². The minimum atomic E-state index is -0.248. The summed E-state index contributed by atoms with van der Waals surface area (Å²) in [4.78, 5) is 15.7. The molecule has 16 heavy (non-hydrogen) atoms. The average molecular weight is 223 g/mol. The number of hydrogen-bond donors (Lipinski definition) is 2. The number of aromatic nitrogens is 1. The molecule has 0 aliphatic rings. The predicted octanol–water partition coefficient (Wildman–Crippen LogP) is 0.819. The van der Waals surface area contributed by atoms with E-state index in [0.29, 0.717) is 12.3 Å². The van der Waals surface area contributed by atoms with Gasteiger partial charge < -0.3 is 15.8 Å². The predicted molar refractivity (Wildman–Crippen MR) is 62.1 cm³/mol. The number of anilines is 1. The van der Waals surface area contributed by atoms with E-state index in [1.54, 1.807) is 25.4 Å². The third-order valence-electron chi connectivity index (χ3n) is 2.19. The second-order valence-corrected chi connectivity index (χ2v) is 3.60. The van der Waals surface area contributed by atoms with E-state index in [1.807, 2.05) is 6.92 Å². The van der Waals surface area contributed by atoms with Gasteiger partial charge in [0.05, 0.1) is 5.69 Å². The van der Waals surface area contributed by atoms with Gasteiger partial charge in [0.1, 0.15) is 0 Å². The van der Waals surface area contributed by atoms with Crippen LogP contribution in [0.25, 0.3) is 0 Å². The molecule has 1 aromatic rings. The molecule has 0 saturated heterocycles. The fourth-order valence-corrected chi connectivity index (χ4v) is 1.27. The van der Waals surface area contributed by atoms with Gasteiger partial charge in [-0.25, -0.2) is 4.98 Å². The lowest BCUT2D eigenvalue weighted by atomic mass is 10.2. The summed E-state index contributed by atoms with van der Waals surface area (Å²) in [5.41, 5.74) is 6.31. The first-order chi connectivity index (χ1) is 7.65. The number of nitrogens with zero attached hydrogens (tertiary/aromatic N) is 1. The molecule has 0 spiro atoms. The number of nitrogen functional groups attached to an aromatic ring is 1. The van der Waals surface area contributed by atoms with E-state index in [9.17, 15) is 4.79 Å². The number of pyridine rings is 1. The van der Waals surface area contributed by atoms with Gasteiger partial charge in [0.15, 0.2) is 5.69 Å². The molecule has 1 heterocycles. The number of methoxy groups -OCH3 is 1. The Morgan fingerprint density at radius 3 is 3.06 bits per heavy atom. The number of rotatable bonds is 5. The Morgan fingerprint density at radius 2 is 2.44 bits per heavy atom. The van der Waals surface area contributed by atoms with Crippen LogP contribution in [0, 0.1) is 0 Å². The first kappa shape index (κ1) is 12.4. The van der Waals surface area contributed by atoms with Crippen molar-refractivity contribution in [3.63, 3.8) is 0 Å². The molecule has 0 radical (unpaired) electrons. The highest BCUT2D eigenvalue weighted by Gasteiger charge is 2.13. The van der Waals surface area contributed by atoms with Gasteiger partial charge in [-0.2, -0.15) is 0 Å². The molecule has 0 bridgehead atoms. The molecule has 0 aliphatic heterocycles. The van der Waals surface area contributed by atoms with E-state index in [0.717, 1.165) is 6.42 Å². The highest BCUT2D eigenvalue weighted by molar-refractivity contribution is 5.97. The van der Waals surface area contributed by atoms with E-state index in [2.05, 4.69) is 10.3 Å². The van der Waals surface area contributed by atoms with Gasteiger partial charge in [0.25, 0.3) is 5.91 Å². The minimum absolute atomic E-state index is 0.0360. The van der Waals surface area contributed by atoms with Gasteiger partial charge in [-0.05, 0) is 25.5 Å². The average Bonchev–Trinajstić information content (AvgIpc) is 2.26. The molecule has 5 heteroatoms. The second-order valence-electron chi connectivity index (χ2n) is 3.60. The summed E-state index contributed by atoms with van der Waals surface area (Å²) < 4.78 is 4.93. The Morgan fingerprint density at radius 1 is 1.69 bits per heavy atom. The molecular formula is C11H17N3O2. The normalized spacial score (nSPS) is 12.1. The number of carbonyl (C=O) groups is 1. The molecule has 5 nitrogen and oxygen atoms in total. The lowest BCUT2D eigenvalue weighted by Gasteiger charge is -2.13. The summed E-state index contributed by atoms with van der Waals surface area (Å²) in [6.45, 7) is 2.52. The summed E-state index contributed by atoms with van der Waals surface area (Å²) >= 11 is 0. The molecule has 3 N–H and O–H groups in total. The van der Waals surface area contributed by atoms with Crippen LogP contribution in [0.4, 0.5) is 5.69 Å². The van der Waals surface area contributed by atoms with Crippen LogP contribution in [0.1, 0.15) is 23.8 Å². The Kier molecular flexibility index (Phi) is 4.72. The Hall–Kier alpha value is -1.62. The van der Waals surface area contributed by atoms with E-state index < -0.39 is 0 Å². The van der Waals surface area contributed by atoms with Gasteiger partial charge in [0, 0.05) is 26.0 Å². The maximum absolute atomic E-state index is 11.7. The van der Waals surface area contributed by atoms with Crippen molar-refractivity contribution in [3.8, 4) is 0 Å². The monoisotopic (exact) mass is 223 g/mol. The summed E-state index contributed by atoms with van der Waals surface area (Å²) in [6.07, 6.45) is 2.31. The molecule has 0 aromatic carbocycles. The number of hydrogen-bond acceptors (Lipinski definition) is 4. The third-order valence-corrected chi connectivity index (χ3v) is 2.19. The minimum Gasteiger partial charge on any atom is -0.397 e.